The number of alkyl halides is 1. The Morgan fingerprint density at radius 1 is 1.54 bits per heavy atom. The second-order valence-corrected chi connectivity index (χ2v) is 4.20. The minimum Gasteiger partial charge on any atom is -0.386 e. The van der Waals surface area contributed by atoms with E-state index in [1.807, 2.05) is 6.07 Å². The highest BCUT2D eigenvalue weighted by Crippen LogP contribution is 2.25. The first-order chi connectivity index (χ1) is 6.13. The molecule has 0 spiro atoms. The first kappa shape index (κ1) is 11.1. The minimum atomic E-state index is 0.225. The zero-order chi connectivity index (χ0) is 9.84. The number of benzene rings is 1. The molecular formula is C8H7Cl2IN2. The SMILES string of the molecule is NC(CCl)=Nc1cc(Cl)ccc1I. The monoisotopic (exact) mass is 328 g/mol. The molecule has 13 heavy (non-hydrogen) atoms. The normalized spacial score (nSPS) is 11.8. The van der Waals surface area contributed by atoms with Gasteiger partial charge in [-0.2, -0.15) is 0 Å². The van der Waals surface area contributed by atoms with Crippen LogP contribution in [0.25, 0.3) is 0 Å². The van der Waals surface area contributed by atoms with Crippen molar-refractivity contribution < 1.29 is 0 Å². The number of nitrogens with two attached hydrogens (primary N) is 1. The number of aliphatic imine (C=N–C) groups is 1. The van der Waals surface area contributed by atoms with Crippen molar-refractivity contribution in [2.24, 2.45) is 10.7 Å². The predicted molar refractivity (Wildman–Crippen MR) is 66.2 cm³/mol. The van der Waals surface area contributed by atoms with Gasteiger partial charge >= 0.3 is 0 Å². The highest BCUT2D eigenvalue weighted by atomic mass is 127. The minimum absolute atomic E-state index is 0.225. The highest BCUT2D eigenvalue weighted by Gasteiger charge is 1.99. The molecule has 1 aromatic carbocycles. The van der Waals surface area contributed by atoms with Crippen molar-refractivity contribution >= 4 is 57.3 Å². The number of halogens is 3. The summed E-state index contributed by atoms with van der Waals surface area (Å²) in [6, 6.07) is 5.44. The van der Waals surface area contributed by atoms with Crippen molar-refractivity contribution in [1.82, 2.24) is 0 Å². The van der Waals surface area contributed by atoms with Crippen LogP contribution in [0.5, 0.6) is 0 Å². The molecular weight excluding hydrogens is 322 g/mol. The second kappa shape index (κ2) is 5.02. The fourth-order valence-electron chi connectivity index (χ4n) is 0.756. The molecule has 2 nitrogen and oxygen atoms in total. The van der Waals surface area contributed by atoms with Gasteiger partial charge in [0.15, 0.2) is 0 Å². The van der Waals surface area contributed by atoms with Crippen LogP contribution < -0.4 is 5.73 Å². The molecule has 0 saturated carbocycles. The molecule has 0 fully saturated rings. The summed E-state index contributed by atoms with van der Waals surface area (Å²) < 4.78 is 0.995. The maximum absolute atomic E-state index is 5.80. The lowest BCUT2D eigenvalue weighted by atomic mass is 10.3. The fourth-order valence-corrected chi connectivity index (χ4v) is 1.44. The van der Waals surface area contributed by atoms with E-state index in [4.69, 9.17) is 28.9 Å². The summed E-state index contributed by atoms with van der Waals surface area (Å²) in [7, 11) is 0. The summed E-state index contributed by atoms with van der Waals surface area (Å²) in [5.74, 6) is 0.615. The van der Waals surface area contributed by atoms with Crippen molar-refractivity contribution in [2.45, 2.75) is 0 Å². The van der Waals surface area contributed by atoms with Gasteiger partial charge in [0.25, 0.3) is 0 Å². The summed E-state index contributed by atoms with van der Waals surface area (Å²) in [4.78, 5) is 4.11. The molecule has 70 valence electrons. The van der Waals surface area contributed by atoms with Gasteiger partial charge in [0.1, 0.15) is 5.84 Å². The summed E-state index contributed by atoms with van der Waals surface area (Å²) in [5.41, 5.74) is 6.25. The molecule has 2 N–H and O–H groups in total. The largest absolute Gasteiger partial charge is 0.386 e. The second-order valence-electron chi connectivity index (χ2n) is 2.33. The Morgan fingerprint density at radius 2 is 2.23 bits per heavy atom. The van der Waals surface area contributed by atoms with Crippen molar-refractivity contribution in [3.8, 4) is 0 Å². The molecule has 1 aromatic rings. The Bertz CT molecular complexity index is 339. The van der Waals surface area contributed by atoms with Gasteiger partial charge < -0.3 is 5.73 Å². The van der Waals surface area contributed by atoms with Crippen LogP contribution in [-0.4, -0.2) is 11.7 Å². The van der Waals surface area contributed by atoms with Crippen molar-refractivity contribution in [3.63, 3.8) is 0 Å². The summed E-state index contributed by atoms with van der Waals surface area (Å²) in [5, 5.41) is 0.640. The van der Waals surface area contributed by atoms with Crippen LogP contribution >= 0.6 is 45.8 Å². The molecule has 0 aliphatic heterocycles. The van der Waals surface area contributed by atoms with Crippen molar-refractivity contribution in [3.05, 3.63) is 26.8 Å². The standard InChI is InChI=1S/C8H7Cl2IN2/c9-4-8(12)13-7-3-5(10)1-2-6(7)11/h1-3H,4H2,(H2,12,13). The average molecular weight is 329 g/mol. The first-order valence-electron chi connectivity index (χ1n) is 3.47. The van der Waals surface area contributed by atoms with E-state index in [9.17, 15) is 0 Å². The number of rotatable bonds is 2. The van der Waals surface area contributed by atoms with Crippen molar-refractivity contribution in [2.75, 3.05) is 5.88 Å². The number of amidine groups is 1. The molecule has 0 amide bonds. The topological polar surface area (TPSA) is 38.4 Å². The van der Waals surface area contributed by atoms with Crippen LogP contribution in [0.4, 0.5) is 5.69 Å². The number of hydrogen-bond donors (Lipinski definition) is 1. The molecule has 5 heteroatoms. The number of nitrogens with zero attached hydrogens (tertiary/aromatic N) is 1. The molecule has 0 atom stereocenters. The Balaban J connectivity index is 3.07. The first-order valence-corrected chi connectivity index (χ1v) is 5.46. The summed E-state index contributed by atoms with van der Waals surface area (Å²) in [6.07, 6.45) is 0. The van der Waals surface area contributed by atoms with Crippen LogP contribution in [0.3, 0.4) is 0 Å². The van der Waals surface area contributed by atoms with Crippen LogP contribution in [0.1, 0.15) is 0 Å². The van der Waals surface area contributed by atoms with E-state index < -0.39 is 0 Å². The van der Waals surface area contributed by atoms with E-state index in [2.05, 4.69) is 27.6 Å². The van der Waals surface area contributed by atoms with Gasteiger partial charge in [0.05, 0.1) is 11.6 Å². The molecule has 0 aliphatic carbocycles. The van der Waals surface area contributed by atoms with Gasteiger partial charge in [-0.1, -0.05) is 11.6 Å². The summed E-state index contributed by atoms with van der Waals surface area (Å²) in [6.45, 7) is 0. The summed E-state index contributed by atoms with van der Waals surface area (Å²) >= 11 is 13.5. The van der Waals surface area contributed by atoms with E-state index in [0.29, 0.717) is 10.9 Å². The Morgan fingerprint density at radius 3 is 2.85 bits per heavy atom. The molecule has 0 unspecified atom stereocenters. The predicted octanol–water partition coefficient (Wildman–Crippen LogP) is 3.17. The van der Waals surface area contributed by atoms with Gasteiger partial charge in [-0.15, -0.1) is 11.6 Å². The van der Waals surface area contributed by atoms with Gasteiger partial charge in [0.2, 0.25) is 0 Å². The zero-order valence-corrected chi connectivity index (χ0v) is 10.3. The van der Waals surface area contributed by atoms with E-state index in [1.54, 1.807) is 12.1 Å². The molecule has 0 heterocycles. The average Bonchev–Trinajstić information content (AvgIpc) is 2.11. The van der Waals surface area contributed by atoms with E-state index in [0.717, 1.165) is 9.26 Å². The molecule has 0 aromatic heterocycles. The Kier molecular flexibility index (Phi) is 4.28. The van der Waals surface area contributed by atoms with Crippen LogP contribution in [0.15, 0.2) is 23.2 Å². The van der Waals surface area contributed by atoms with Crippen LogP contribution in [0, 0.1) is 3.57 Å². The van der Waals surface area contributed by atoms with Crippen molar-refractivity contribution in [1.29, 1.82) is 0 Å². The maximum Gasteiger partial charge on any atom is 0.115 e. The zero-order valence-electron chi connectivity index (χ0n) is 6.60. The fraction of sp³-hybridized carbons (Fsp3) is 0.125. The molecule has 0 bridgehead atoms. The van der Waals surface area contributed by atoms with Crippen LogP contribution in [-0.2, 0) is 0 Å². The van der Waals surface area contributed by atoms with Gasteiger partial charge in [-0.3, -0.25) is 0 Å². The van der Waals surface area contributed by atoms with E-state index in [-0.39, 0.29) is 5.88 Å². The molecule has 0 radical (unpaired) electrons. The molecule has 0 saturated heterocycles. The van der Waals surface area contributed by atoms with Gasteiger partial charge in [0, 0.05) is 8.59 Å². The maximum atomic E-state index is 5.80. The third-order valence-electron chi connectivity index (χ3n) is 1.31. The Labute approximate surface area is 100 Å². The molecule has 0 aliphatic rings. The van der Waals surface area contributed by atoms with Gasteiger partial charge in [-0.25, -0.2) is 4.99 Å². The third kappa shape index (κ3) is 3.32. The Hall–Kier alpha value is -0.000000000000000111. The quantitative estimate of drug-likeness (QED) is 0.385. The lowest BCUT2D eigenvalue weighted by Crippen LogP contribution is -2.12. The lowest BCUT2D eigenvalue weighted by Gasteiger charge is -2.00. The lowest BCUT2D eigenvalue weighted by molar-refractivity contribution is 1.43. The highest BCUT2D eigenvalue weighted by molar-refractivity contribution is 14.1. The van der Waals surface area contributed by atoms with E-state index in [1.165, 1.54) is 0 Å². The molecule has 1 rings (SSSR count). The van der Waals surface area contributed by atoms with Crippen LogP contribution in [0.2, 0.25) is 5.02 Å². The third-order valence-corrected chi connectivity index (χ3v) is 2.73. The van der Waals surface area contributed by atoms with Gasteiger partial charge in [-0.05, 0) is 40.8 Å². The van der Waals surface area contributed by atoms with E-state index >= 15 is 0 Å². The smallest absolute Gasteiger partial charge is 0.115 e. The number of hydrogen-bond acceptors (Lipinski definition) is 1.